The molecule has 0 bridgehead atoms. The topological polar surface area (TPSA) is 73.5 Å². The van der Waals surface area contributed by atoms with Crippen LogP contribution in [0.2, 0.25) is 0 Å². The average Bonchev–Trinajstić information content (AvgIpc) is 3.16. The Morgan fingerprint density at radius 2 is 1.65 bits per heavy atom. The maximum Gasteiger partial charge on any atom is 0.270 e. The zero-order valence-electron chi connectivity index (χ0n) is 14.2. The van der Waals surface area contributed by atoms with Crippen LogP contribution in [0.25, 0.3) is 10.9 Å². The second kappa shape index (κ2) is 5.56. The molecule has 0 radical (unpaired) electrons. The summed E-state index contributed by atoms with van der Waals surface area (Å²) in [6.07, 6.45) is 5.27. The second-order valence-corrected chi connectivity index (χ2v) is 7.34. The normalized spacial score (nSPS) is 25.7. The van der Waals surface area contributed by atoms with E-state index < -0.39 is 0 Å². The molecule has 2 atom stereocenters. The molecule has 1 aromatic carbocycles. The molecule has 1 aliphatic carbocycles. The number of hydrogen-bond donors (Lipinski definition) is 1. The van der Waals surface area contributed by atoms with Crippen LogP contribution in [0.5, 0.6) is 0 Å². The predicted octanol–water partition coefficient (Wildman–Crippen LogP) is 1.94. The van der Waals surface area contributed by atoms with E-state index in [4.69, 9.17) is 0 Å². The number of carbonyl (C=O) groups is 3. The van der Waals surface area contributed by atoms with Gasteiger partial charge in [-0.05, 0) is 25.0 Å². The maximum absolute atomic E-state index is 12.7. The van der Waals surface area contributed by atoms with Gasteiger partial charge in [0.05, 0.1) is 17.9 Å². The molecule has 0 saturated carbocycles. The Kier molecular flexibility index (Phi) is 3.29. The Labute approximate surface area is 150 Å². The Hall–Kier alpha value is -2.89. The number of nitrogens with one attached hydrogen (secondary N) is 1. The third-order valence-electron chi connectivity index (χ3n) is 5.82. The van der Waals surface area contributed by atoms with Gasteiger partial charge >= 0.3 is 0 Å². The lowest BCUT2D eigenvalue weighted by Gasteiger charge is -2.43. The first kappa shape index (κ1) is 15.4. The molecule has 1 aromatic heterocycles. The molecule has 2 saturated heterocycles. The van der Waals surface area contributed by atoms with Crippen LogP contribution >= 0.6 is 0 Å². The standard InChI is InChI=1S/C20H19N3O3/c24-18-14-6-2-3-7-15(14)19(25)23(18)13-10-22(11-13)20(26)17-9-12-5-1-4-8-16(12)21-17/h1-5,8-9,13-15,21H,6-7,10-11H2/t14-,15-/m1/s1. The van der Waals surface area contributed by atoms with E-state index >= 15 is 0 Å². The highest BCUT2D eigenvalue weighted by molar-refractivity contribution is 6.06. The molecular formula is C20H19N3O3. The fraction of sp³-hybridized carbons (Fsp3) is 0.350. The van der Waals surface area contributed by atoms with Crippen molar-refractivity contribution >= 4 is 28.6 Å². The van der Waals surface area contributed by atoms with E-state index in [1.165, 1.54) is 4.90 Å². The summed E-state index contributed by atoms with van der Waals surface area (Å²) in [6, 6.07) is 9.40. The van der Waals surface area contributed by atoms with Crippen LogP contribution in [0.15, 0.2) is 42.5 Å². The van der Waals surface area contributed by atoms with Crippen molar-refractivity contribution in [3.8, 4) is 0 Å². The summed E-state index contributed by atoms with van der Waals surface area (Å²) in [5.74, 6) is -0.619. The highest BCUT2D eigenvalue weighted by Gasteiger charge is 2.52. The molecule has 2 fully saturated rings. The highest BCUT2D eigenvalue weighted by Crippen LogP contribution is 2.37. The van der Waals surface area contributed by atoms with E-state index in [0.29, 0.717) is 31.6 Å². The van der Waals surface area contributed by atoms with Gasteiger partial charge in [-0.2, -0.15) is 0 Å². The monoisotopic (exact) mass is 349 g/mol. The average molecular weight is 349 g/mol. The SMILES string of the molecule is O=C(c1cc2ccccc2[nH]1)N1CC(N2C(=O)[C@@H]3CC=CC[C@H]3C2=O)C1. The first-order valence-electron chi connectivity index (χ1n) is 9.02. The van der Waals surface area contributed by atoms with Crippen LogP contribution in [-0.4, -0.2) is 51.6 Å². The summed E-state index contributed by atoms with van der Waals surface area (Å²) in [4.78, 5) is 44.1. The van der Waals surface area contributed by atoms with E-state index in [1.807, 2.05) is 42.5 Å². The Morgan fingerprint density at radius 3 is 2.31 bits per heavy atom. The molecule has 2 aliphatic heterocycles. The van der Waals surface area contributed by atoms with E-state index in [2.05, 4.69) is 4.98 Å². The molecule has 5 rings (SSSR count). The number of benzene rings is 1. The molecule has 0 spiro atoms. The minimum atomic E-state index is -0.203. The lowest BCUT2D eigenvalue weighted by molar-refractivity contribution is -0.145. The van der Waals surface area contributed by atoms with Gasteiger partial charge < -0.3 is 9.88 Å². The molecule has 3 heterocycles. The molecule has 0 unspecified atom stereocenters. The second-order valence-electron chi connectivity index (χ2n) is 7.34. The zero-order valence-corrected chi connectivity index (χ0v) is 14.2. The number of likely N-dealkylation sites (tertiary alicyclic amines) is 2. The van der Waals surface area contributed by atoms with Crippen molar-refractivity contribution in [3.05, 3.63) is 48.2 Å². The van der Waals surface area contributed by atoms with E-state index in [-0.39, 0.29) is 35.6 Å². The quantitative estimate of drug-likeness (QED) is 0.665. The van der Waals surface area contributed by atoms with E-state index in [1.54, 1.807) is 4.90 Å². The molecule has 6 nitrogen and oxygen atoms in total. The van der Waals surface area contributed by atoms with Gasteiger partial charge in [0.2, 0.25) is 11.8 Å². The van der Waals surface area contributed by atoms with Gasteiger partial charge in [0, 0.05) is 24.0 Å². The molecule has 1 N–H and O–H groups in total. The molecule has 3 aliphatic rings. The van der Waals surface area contributed by atoms with Crippen molar-refractivity contribution in [2.24, 2.45) is 11.8 Å². The zero-order chi connectivity index (χ0) is 17.8. The highest BCUT2D eigenvalue weighted by atomic mass is 16.2. The Morgan fingerprint density at radius 1 is 1.00 bits per heavy atom. The number of amides is 3. The lowest BCUT2D eigenvalue weighted by atomic mass is 9.85. The van der Waals surface area contributed by atoms with Gasteiger partial charge in [0.25, 0.3) is 5.91 Å². The molecule has 6 heteroatoms. The number of aromatic amines is 1. The maximum atomic E-state index is 12.7. The van der Waals surface area contributed by atoms with E-state index in [0.717, 1.165) is 10.9 Å². The number of nitrogens with zero attached hydrogens (tertiary/aromatic N) is 2. The number of para-hydroxylation sites is 1. The van der Waals surface area contributed by atoms with Crippen molar-refractivity contribution in [3.63, 3.8) is 0 Å². The van der Waals surface area contributed by atoms with E-state index in [9.17, 15) is 14.4 Å². The fourth-order valence-electron chi connectivity index (χ4n) is 4.33. The van der Waals surface area contributed by atoms with Crippen LogP contribution in [0.4, 0.5) is 0 Å². The van der Waals surface area contributed by atoms with Crippen LogP contribution < -0.4 is 0 Å². The van der Waals surface area contributed by atoms with Gasteiger partial charge in [0.15, 0.2) is 0 Å². The van der Waals surface area contributed by atoms with Gasteiger partial charge in [0.1, 0.15) is 5.69 Å². The van der Waals surface area contributed by atoms with Gasteiger partial charge in [-0.3, -0.25) is 19.3 Å². The summed E-state index contributed by atoms with van der Waals surface area (Å²) in [7, 11) is 0. The number of imide groups is 1. The van der Waals surface area contributed by atoms with Crippen molar-refractivity contribution in [1.29, 1.82) is 0 Å². The number of H-pyrrole nitrogens is 1. The first-order valence-corrected chi connectivity index (χ1v) is 9.02. The van der Waals surface area contributed by atoms with Crippen LogP contribution in [-0.2, 0) is 9.59 Å². The Bertz CT molecular complexity index is 895. The van der Waals surface area contributed by atoms with Gasteiger partial charge in [-0.25, -0.2) is 0 Å². The number of carbonyl (C=O) groups excluding carboxylic acids is 3. The summed E-state index contributed by atoms with van der Waals surface area (Å²) in [5, 5.41) is 0.995. The molecule has 2 aromatic rings. The summed E-state index contributed by atoms with van der Waals surface area (Å²) in [6.45, 7) is 0.830. The largest absolute Gasteiger partial charge is 0.351 e. The predicted molar refractivity (Wildman–Crippen MR) is 95.2 cm³/mol. The van der Waals surface area contributed by atoms with Crippen molar-refractivity contribution in [2.45, 2.75) is 18.9 Å². The number of rotatable bonds is 2. The van der Waals surface area contributed by atoms with Crippen molar-refractivity contribution < 1.29 is 14.4 Å². The smallest absolute Gasteiger partial charge is 0.270 e. The minimum Gasteiger partial charge on any atom is -0.351 e. The van der Waals surface area contributed by atoms with Crippen LogP contribution in [0, 0.1) is 11.8 Å². The molecule has 132 valence electrons. The minimum absolute atomic E-state index is 0.0629. The molecule has 3 amide bonds. The van der Waals surface area contributed by atoms with Crippen LogP contribution in [0.3, 0.4) is 0 Å². The summed E-state index contributed by atoms with van der Waals surface area (Å²) in [5.41, 5.74) is 1.47. The van der Waals surface area contributed by atoms with Crippen molar-refractivity contribution in [2.75, 3.05) is 13.1 Å². The number of allylic oxidation sites excluding steroid dienone is 2. The third-order valence-corrected chi connectivity index (χ3v) is 5.82. The first-order chi connectivity index (χ1) is 12.6. The van der Waals surface area contributed by atoms with Crippen molar-refractivity contribution in [1.82, 2.24) is 14.8 Å². The number of aromatic nitrogens is 1. The van der Waals surface area contributed by atoms with Crippen LogP contribution in [0.1, 0.15) is 23.3 Å². The molecule has 26 heavy (non-hydrogen) atoms. The Balaban J connectivity index is 1.29. The lowest BCUT2D eigenvalue weighted by Crippen LogP contribution is -2.62. The van der Waals surface area contributed by atoms with Gasteiger partial charge in [-0.15, -0.1) is 0 Å². The molecular weight excluding hydrogens is 330 g/mol. The number of hydrogen-bond acceptors (Lipinski definition) is 3. The third kappa shape index (κ3) is 2.14. The number of fused-ring (bicyclic) bond motifs is 2. The van der Waals surface area contributed by atoms with Gasteiger partial charge in [-0.1, -0.05) is 30.4 Å². The summed E-state index contributed by atoms with van der Waals surface area (Å²) >= 11 is 0. The fourth-order valence-corrected chi connectivity index (χ4v) is 4.33. The summed E-state index contributed by atoms with van der Waals surface area (Å²) < 4.78 is 0.